The van der Waals surface area contributed by atoms with Gasteiger partial charge in [-0.05, 0) is 56.5 Å². The third kappa shape index (κ3) is 6.63. The third-order valence-electron chi connectivity index (χ3n) is 3.23. The zero-order valence-electron chi connectivity index (χ0n) is 12.0. The summed E-state index contributed by atoms with van der Waals surface area (Å²) in [6.07, 6.45) is 7.74. The number of unbranched alkanes of at least 4 members (excludes halogenated alkanes) is 1. The molecule has 0 amide bonds. The van der Waals surface area contributed by atoms with E-state index in [1.165, 1.54) is 0 Å². The van der Waals surface area contributed by atoms with Crippen LogP contribution in [0.4, 0.5) is 0 Å². The minimum atomic E-state index is -0.132. The summed E-state index contributed by atoms with van der Waals surface area (Å²) in [5.74, 6) is -0.195. The first kappa shape index (κ1) is 16.6. The van der Waals surface area contributed by atoms with Crippen LogP contribution in [0.5, 0.6) is 0 Å². The van der Waals surface area contributed by atoms with E-state index in [-0.39, 0.29) is 11.9 Å². The van der Waals surface area contributed by atoms with Crippen LogP contribution >= 0.6 is 0 Å². The van der Waals surface area contributed by atoms with E-state index in [1.807, 2.05) is 12.1 Å². The Morgan fingerprint density at radius 1 is 1.10 bits per heavy atom. The number of nitrogens with two attached hydrogens (primary N) is 2. The lowest BCUT2D eigenvalue weighted by Gasteiger charge is -2.15. The van der Waals surface area contributed by atoms with E-state index in [0.29, 0.717) is 19.7 Å². The first-order valence-corrected chi connectivity index (χ1v) is 7.23. The lowest BCUT2D eigenvalue weighted by atomic mass is 9.96. The van der Waals surface area contributed by atoms with Gasteiger partial charge in [0, 0.05) is 12.4 Å². The molecule has 0 bridgehead atoms. The molecule has 1 unspecified atom stereocenters. The molecule has 0 radical (unpaired) electrons. The van der Waals surface area contributed by atoms with E-state index < -0.39 is 0 Å². The number of pyridine rings is 1. The van der Waals surface area contributed by atoms with E-state index in [1.54, 1.807) is 12.4 Å². The molecule has 0 saturated heterocycles. The number of carbonyl (C=O) groups is 1. The summed E-state index contributed by atoms with van der Waals surface area (Å²) in [5.41, 5.74) is 12.0. The molecule has 1 rings (SSSR count). The molecule has 20 heavy (non-hydrogen) atoms. The van der Waals surface area contributed by atoms with Crippen molar-refractivity contribution < 1.29 is 9.53 Å². The fourth-order valence-corrected chi connectivity index (χ4v) is 2.03. The average Bonchev–Trinajstić information content (AvgIpc) is 2.49. The molecular formula is C15H25N3O2. The molecule has 0 aromatic carbocycles. The zero-order valence-corrected chi connectivity index (χ0v) is 12.0. The van der Waals surface area contributed by atoms with Crippen LogP contribution in [-0.4, -0.2) is 24.0 Å². The molecule has 4 N–H and O–H groups in total. The smallest absolute Gasteiger partial charge is 0.309 e. The first-order valence-electron chi connectivity index (χ1n) is 7.23. The maximum absolute atomic E-state index is 12.1. The Kier molecular flexibility index (Phi) is 8.58. The largest absolute Gasteiger partial charge is 0.461 e. The van der Waals surface area contributed by atoms with Gasteiger partial charge in [0.25, 0.3) is 0 Å². The maximum atomic E-state index is 12.1. The van der Waals surface area contributed by atoms with E-state index in [9.17, 15) is 4.79 Å². The van der Waals surface area contributed by atoms with Crippen molar-refractivity contribution in [1.29, 1.82) is 0 Å². The summed E-state index contributed by atoms with van der Waals surface area (Å²) in [6.45, 7) is 1.57. The van der Waals surface area contributed by atoms with Crippen molar-refractivity contribution in [2.24, 2.45) is 17.4 Å². The topological polar surface area (TPSA) is 91.2 Å². The maximum Gasteiger partial charge on any atom is 0.309 e. The van der Waals surface area contributed by atoms with Gasteiger partial charge >= 0.3 is 5.97 Å². The highest BCUT2D eigenvalue weighted by molar-refractivity contribution is 5.72. The van der Waals surface area contributed by atoms with Crippen molar-refractivity contribution in [3.8, 4) is 0 Å². The predicted molar refractivity (Wildman–Crippen MR) is 78.7 cm³/mol. The highest BCUT2D eigenvalue weighted by Crippen LogP contribution is 2.17. The molecular weight excluding hydrogens is 254 g/mol. The quantitative estimate of drug-likeness (QED) is 0.501. The van der Waals surface area contributed by atoms with Crippen molar-refractivity contribution in [3.05, 3.63) is 30.1 Å². The number of esters is 1. The van der Waals surface area contributed by atoms with Crippen LogP contribution in [0.3, 0.4) is 0 Å². The zero-order chi connectivity index (χ0) is 14.6. The first-order chi connectivity index (χ1) is 9.77. The number of ether oxygens (including phenoxy) is 1. The second-order valence-electron chi connectivity index (χ2n) is 4.88. The van der Waals surface area contributed by atoms with Gasteiger partial charge in [-0.1, -0.05) is 6.42 Å². The van der Waals surface area contributed by atoms with Gasteiger partial charge < -0.3 is 16.2 Å². The van der Waals surface area contributed by atoms with E-state index >= 15 is 0 Å². The summed E-state index contributed by atoms with van der Waals surface area (Å²) in [5, 5.41) is 0. The van der Waals surface area contributed by atoms with Crippen LogP contribution in [-0.2, 0) is 16.1 Å². The fraction of sp³-hybridized carbons (Fsp3) is 0.600. The van der Waals surface area contributed by atoms with E-state index in [0.717, 1.165) is 37.7 Å². The molecule has 112 valence electrons. The molecule has 5 heteroatoms. The Balaban J connectivity index is 2.40. The minimum Gasteiger partial charge on any atom is -0.461 e. The standard InChI is InChI=1S/C15H25N3O2/c16-8-2-1-4-14(5-3-9-17)15(19)20-12-13-6-10-18-11-7-13/h6-7,10-11,14H,1-5,8-9,12,16-17H2. The number of carbonyl (C=O) groups excluding carboxylic acids is 1. The van der Waals surface area contributed by atoms with Crippen LogP contribution in [0.1, 0.15) is 37.7 Å². The number of aromatic nitrogens is 1. The van der Waals surface area contributed by atoms with Gasteiger partial charge in [-0.3, -0.25) is 9.78 Å². The van der Waals surface area contributed by atoms with Crippen LogP contribution in [0.15, 0.2) is 24.5 Å². The van der Waals surface area contributed by atoms with Crippen LogP contribution in [0.2, 0.25) is 0 Å². The van der Waals surface area contributed by atoms with Gasteiger partial charge in [0.2, 0.25) is 0 Å². The second kappa shape index (κ2) is 10.3. The summed E-state index contributed by atoms with van der Waals surface area (Å²) in [7, 11) is 0. The molecule has 1 aromatic rings. The number of rotatable bonds is 10. The van der Waals surface area contributed by atoms with Crippen LogP contribution in [0.25, 0.3) is 0 Å². The Morgan fingerprint density at radius 2 is 1.75 bits per heavy atom. The average molecular weight is 279 g/mol. The third-order valence-corrected chi connectivity index (χ3v) is 3.23. The van der Waals surface area contributed by atoms with Gasteiger partial charge in [-0.15, -0.1) is 0 Å². The number of nitrogens with zero attached hydrogens (tertiary/aromatic N) is 1. The van der Waals surface area contributed by atoms with Crippen molar-refractivity contribution in [3.63, 3.8) is 0 Å². The highest BCUT2D eigenvalue weighted by Gasteiger charge is 2.19. The number of hydrogen-bond acceptors (Lipinski definition) is 5. The van der Waals surface area contributed by atoms with Crippen LogP contribution < -0.4 is 11.5 Å². The van der Waals surface area contributed by atoms with E-state index in [4.69, 9.17) is 16.2 Å². The highest BCUT2D eigenvalue weighted by atomic mass is 16.5. The Bertz CT molecular complexity index is 371. The number of hydrogen-bond donors (Lipinski definition) is 2. The Labute approximate surface area is 120 Å². The molecule has 0 spiro atoms. The van der Waals surface area contributed by atoms with Crippen molar-refractivity contribution in [1.82, 2.24) is 4.98 Å². The van der Waals surface area contributed by atoms with Crippen LogP contribution in [0, 0.1) is 5.92 Å². The molecule has 1 heterocycles. The molecule has 0 aliphatic heterocycles. The van der Waals surface area contributed by atoms with Gasteiger partial charge in [-0.2, -0.15) is 0 Å². The van der Waals surface area contributed by atoms with Crippen molar-refractivity contribution in [2.75, 3.05) is 13.1 Å². The SMILES string of the molecule is NCCCCC(CCCN)C(=O)OCc1ccncc1. The van der Waals surface area contributed by atoms with Gasteiger partial charge in [-0.25, -0.2) is 0 Å². The molecule has 0 saturated carbocycles. The Hall–Kier alpha value is -1.46. The summed E-state index contributed by atoms with van der Waals surface area (Å²) in [6, 6.07) is 3.69. The fourth-order valence-electron chi connectivity index (χ4n) is 2.03. The molecule has 0 aliphatic rings. The monoisotopic (exact) mass is 279 g/mol. The minimum absolute atomic E-state index is 0.0630. The summed E-state index contributed by atoms with van der Waals surface area (Å²) >= 11 is 0. The Morgan fingerprint density at radius 3 is 2.40 bits per heavy atom. The molecule has 0 fully saturated rings. The lowest BCUT2D eigenvalue weighted by Crippen LogP contribution is -2.19. The van der Waals surface area contributed by atoms with Gasteiger partial charge in [0.15, 0.2) is 0 Å². The normalized spacial score (nSPS) is 12.1. The molecule has 5 nitrogen and oxygen atoms in total. The van der Waals surface area contributed by atoms with E-state index in [2.05, 4.69) is 4.98 Å². The summed E-state index contributed by atoms with van der Waals surface area (Å²) < 4.78 is 5.38. The van der Waals surface area contributed by atoms with Gasteiger partial charge in [0.05, 0.1) is 5.92 Å². The van der Waals surface area contributed by atoms with Crippen molar-refractivity contribution in [2.45, 2.75) is 38.7 Å². The summed E-state index contributed by atoms with van der Waals surface area (Å²) in [4.78, 5) is 16.0. The second-order valence-corrected chi connectivity index (χ2v) is 4.88. The molecule has 1 atom stereocenters. The molecule has 1 aromatic heterocycles. The van der Waals surface area contributed by atoms with Crippen molar-refractivity contribution >= 4 is 5.97 Å². The van der Waals surface area contributed by atoms with Gasteiger partial charge in [0.1, 0.15) is 6.61 Å². The lowest BCUT2D eigenvalue weighted by molar-refractivity contribution is -0.150. The molecule has 0 aliphatic carbocycles. The predicted octanol–water partition coefficient (Wildman–Crippen LogP) is 1.61.